The van der Waals surface area contributed by atoms with Crippen LogP contribution >= 0.6 is 0 Å². The molecule has 122 valence electrons. The second-order valence-electron chi connectivity index (χ2n) is 7.25. The molecule has 22 heavy (non-hydrogen) atoms. The third kappa shape index (κ3) is 4.68. The number of nitrogens with one attached hydrogen (secondary N) is 1. The van der Waals surface area contributed by atoms with Crippen molar-refractivity contribution in [3.05, 3.63) is 17.5 Å². The van der Waals surface area contributed by atoms with Gasteiger partial charge in [-0.25, -0.2) is 9.97 Å². The smallest absolute Gasteiger partial charge is 0.317 e. The number of aryl methyl sites for hydroxylation is 2. The molecule has 1 heterocycles. The van der Waals surface area contributed by atoms with Crippen molar-refractivity contribution in [1.29, 1.82) is 0 Å². The summed E-state index contributed by atoms with van der Waals surface area (Å²) in [5.74, 6) is 0.120. The van der Waals surface area contributed by atoms with Crippen LogP contribution in [0.1, 0.15) is 57.8 Å². The quantitative estimate of drug-likeness (QED) is 0.932. The van der Waals surface area contributed by atoms with Gasteiger partial charge in [-0.2, -0.15) is 0 Å². The van der Waals surface area contributed by atoms with Gasteiger partial charge in [0, 0.05) is 22.8 Å². The van der Waals surface area contributed by atoms with E-state index in [1.807, 2.05) is 40.7 Å². The summed E-state index contributed by atoms with van der Waals surface area (Å²) in [7, 11) is 0. The first-order valence-corrected chi connectivity index (χ1v) is 8.04. The molecule has 1 aliphatic carbocycles. The minimum absolute atomic E-state index is 0.120. The molecule has 1 N–H and O–H groups in total. The molecule has 1 aromatic heterocycles. The first-order chi connectivity index (χ1) is 10.2. The van der Waals surface area contributed by atoms with Crippen LogP contribution in [-0.2, 0) is 4.79 Å². The molecular weight excluding hydrogens is 278 g/mol. The van der Waals surface area contributed by atoms with E-state index in [1.165, 1.54) is 0 Å². The van der Waals surface area contributed by atoms with Crippen LogP contribution in [0.15, 0.2) is 6.07 Å². The van der Waals surface area contributed by atoms with Crippen molar-refractivity contribution in [3.8, 4) is 6.01 Å². The van der Waals surface area contributed by atoms with Gasteiger partial charge in [-0.1, -0.05) is 20.8 Å². The Labute approximate surface area is 132 Å². The fourth-order valence-corrected chi connectivity index (χ4v) is 2.62. The van der Waals surface area contributed by atoms with Crippen LogP contribution in [0.4, 0.5) is 0 Å². The molecule has 0 spiro atoms. The van der Waals surface area contributed by atoms with Crippen LogP contribution < -0.4 is 10.1 Å². The molecule has 0 saturated heterocycles. The Balaban J connectivity index is 1.83. The van der Waals surface area contributed by atoms with Crippen LogP contribution in [0.25, 0.3) is 0 Å². The molecule has 1 amide bonds. The number of aromatic nitrogens is 2. The summed E-state index contributed by atoms with van der Waals surface area (Å²) in [6.45, 7) is 9.71. The summed E-state index contributed by atoms with van der Waals surface area (Å²) in [6.07, 6.45) is 3.87. The fourth-order valence-electron chi connectivity index (χ4n) is 2.62. The van der Waals surface area contributed by atoms with Crippen molar-refractivity contribution in [2.45, 2.75) is 72.4 Å². The highest BCUT2D eigenvalue weighted by atomic mass is 16.5. The number of hydrogen-bond acceptors (Lipinski definition) is 4. The number of rotatable bonds is 3. The lowest BCUT2D eigenvalue weighted by Crippen LogP contribution is -2.44. The molecule has 1 fully saturated rings. The zero-order valence-corrected chi connectivity index (χ0v) is 14.3. The largest absolute Gasteiger partial charge is 0.460 e. The minimum atomic E-state index is -0.333. The Morgan fingerprint density at radius 3 is 2.18 bits per heavy atom. The van der Waals surface area contributed by atoms with Crippen molar-refractivity contribution >= 4 is 5.91 Å². The second kappa shape index (κ2) is 6.63. The standard InChI is InChI=1S/C17H27N3O2/c1-11-10-12(2)19-16(18-11)22-14-8-6-13(7-9-14)20-15(21)17(3,4)5/h10,13-14H,6-9H2,1-5H3,(H,20,21). The summed E-state index contributed by atoms with van der Waals surface area (Å²) < 4.78 is 5.90. The van der Waals surface area contributed by atoms with E-state index in [1.54, 1.807) is 0 Å². The van der Waals surface area contributed by atoms with E-state index in [0.29, 0.717) is 6.01 Å². The third-order valence-electron chi connectivity index (χ3n) is 3.92. The van der Waals surface area contributed by atoms with E-state index < -0.39 is 0 Å². The summed E-state index contributed by atoms with van der Waals surface area (Å²) >= 11 is 0. The van der Waals surface area contributed by atoms with Crippen LogP contribution in [0.2, 0.25) is 0 Å². The number of carbonyl (C=O) groups excluding carboxylic acids is 1. The molecule has 0 aromatic carbocycles. The van der Waals surface area contributed by atoms with Gasteiger partial charge < -0.3 is 10.1 Å². The van der Waals surface area contributed by atoms with E-state index >= 15 is 0 Å². The fraction of sp³-hybridized carbons (Fsp3) is 0.706. The highest BCUT2D eigenvalue weighted by Crippen LogP contribution is 2.24. The monoisotopic (exact) mass is 305 g/mol. The first-order valence-electron chi connectivity index (χ1n) is 8.04. The van der Waals surface area contributed by atoms with Crippen LogP contribution in [0, 0.1) is 19.3 Å². The molecule has 1 saturated carbocycles. The van der Waals surface area contributed by atoms with Crippen molar-refractivity contribution in [2.24, 2.45) is 5.41 Å². The third-order valence-corrected chi connectivity index (χ3v) is 3.92. The van der Waals surface area contributed by atoms with Gasteiger partial charge in [-0.3, -0.25) is 4.79 Å². The number of hydrogen-bond donors (Lipinski definition) is 1. The van der Waals surface area contributed by atoms with Gasteiger partial charge in [-0.05, 0) is 45.6 Å². The van der Waals surface area contributed by atoms with Crippen LogP contribution in [0.3, 0.4) is 0 Å². The van der Waals surface area contributed by atoms with Gasteiger partial charge in [0.15, 0.2) is 0 Å². The average Bonchev–Trinajstić information content (AvgIpc) is 2.38. The Bertz CT molecular complexity index is 509. The summed E-state index contributed by atoms with van der Waals surface area (Å²) in [4.78, 5) is 20.7. The Hall–Kier alpha value is -1.65. The minimum Gasteiger partial charge on any atom is -0.460 e. The van der Waals surface area contributed by atoms with Gasteiger partial charge in [0.1, 0.15) is 6.10 Å². The van der Waals surface area contributed by atoms with Gasteiger partial charge >= 0.3 is 6.01 Å². The zero-order valence-electron chi connectivity index (χ0n) is 14.3. The lowest BCUT2D eigenvalue weighted by molar-refractivity contribution is -0.129. The topological polar surface area (TPSA) is 64.1 Å². The Kier molecular flexibility index (Phi) is 5.04. The summed E-state index contributed by atoms with van der Waals surface area (Å²) in [5.41, 5.74) is 1.52. The SMILES string of the molecule is Cc1cc(C)nc(OC2CCC(NC(=O)C(C)(C)C)CC2)n1. The number of amides is 1. The van der Waals surface area contributed by atoms with Gasteiger partial charge in [0.2, 0.25) is 5.91 Å². The lowest BCUT2D eigenvalue weighted by atomic mass is 9.90. The van der Waals surface area contributed by atoms with Crippen LogP contribution in [0.5, 0.6) is 6.01 Å². The molecule has 0 unspecified atom stereocenters. The van der Waals surface area contributed by atoms with Gasteiger partial charge in [0.25, 0.3) is 0 Å². The number of carbonyl (C=O) groups is 1. The molecule has 0 aliphatic heterocycles. The molecule has 0 atom stereocenters. The predicted molar refractivity (Wildman–Crippen MR) is 85.8 cm³/mol. The average molecular weight is 305 g/mol. The van der Waals surface area contributed by atoms with Gasteiger partial charge in [0.05, 0.1) is 0 Å². The maximum Gasteiger partial charge on any atom is 0.317 e. The number of ether oxygens (including phenoxy) is 1. The van der Waals surface area contributed by atoms with Crippen molar-refractivity contribution < 1.29 is 9.53 Å². The predicted octanol–water partition coefficient (Wildman–Crippen LogP) is 2.95. The maximum absolute atomic E-state index is 12.0. The molecule has 2 rings (SSSR count). The second-order valence-corrected chi connectivity index (χ2v) is 7.25. The lowest BCUT2D eigenvalue weighted by Gasteiger charge is -2.31. The van der Waals surface area contributed by atoms with Crippen molar-refractivity contribution in [3.63, 3.8) is 0 Å². The van der Waals surface area contributed by atoms with E-state index in [2.05, 4.69) is 15.3 Å². The van der Waals surface area contributed by atoms with E-state index in [4.69, 9.17) is 4.74 Å². The number of nitrogens with zero attached hydrogens (tertiary/aromatic N) is 2. The highest BCUT2D eigenvalue weighted by Gasteiger charge is 2.28. The normalized spacial score (nSPS) is 22.2. The highest BCUT2D eigenvalue weighted by molar-refractivity contribution is 5.81. The van der Waals surface area contributed by atoms with E-state index in [9.17, 15) is 4.79 Å². The first kappa shape index (κ1) is 16.7. The van der Waals surface area contributed by atoms with E-state index in [-0.39, 0.29) is 23.5 Å². The molecule has 5 nitrogen and oxygen atoms in total. The molecule has 5 heteroatoms. The summed E-state index contributed by atoms with van der Waals surface area (Å²) in [5, 5.41) is 3.14. The zero-order chi connectivity index (χ0) is 16.3. The van der Waals surface area contributed by atoms with Crippen molar-refractivity contribution in [2.75, 3.05) is 0 Å². The maximum atomic E-state index is 12.0. The molecular formula is C17H27N3O2. The van der Waals surface area contributed by atoms with Crippen molar-refractivity contribution in [1.82, 2.24) is 15.3 Å². The Morgan fingerprint density at radius 1 is 1.14 bits per heavy atom. The molecule has 0 radical (unpaired) electrons. The molecule has 0 bridgehead atoms. The van der Waals surface area contributed by atoms with Crippen LogP contribution in [-0.4, -0.2) is 28.0 Å². The molecule has 1 aromatic rings. The van der Waals surface area contributed by atoms with E-state index in [0.717, 1.165) is 37.1 Å². The summed E-state index contributed by atoms with van der Waals surface area (Å²) in [6, 6.07) is 2.66. The van der Waals surface area contributed by atoms with Gasteiger partial charge in [-0.15, -0.1) is 0 Å². The Morgan fingerprint density at radius 2 is 1.68 bits per heavy atom. The molecule has 1 aliphatic rings.